The lowest BCUT2D eigenvalue weighted by Gasteiger charge is -2.21. The summed E-state index contributed by atoms with van der Waals surface area (Å²) in [5.74, 6) is 0.298. The van der Waals surface area contributed by atoms with Crippen LogP contribution in [0.1, 0.15) is 51.2 Å². The number of aromatic nitrogens is 2. The molecule has 1 rings (SSSR count). The second kappa shape index (κ2) is 6.49. The molecule has 0 aliphatic carbocycles. The van der Waals surface area contributed by atoms with Gasteiger partial charge >= 0.3 is 5.97 Å². The highest BCUT2D eigenvalue weighted by atomic mass is 16.5. The molecule has 1 atom stereocenters. The van der Waals surface area contributed by atoms with E-state index >= 15 is 0 Å². The van der Waals surface area contributed by atoms with Crippen molar-refractivity contribution in [2.45, 2.75) is 51.6 Å². The van der Waals surface area contributed by atoms with Gasteiger partial charge in [-0.3, -0.25) is 4.79 Å². The van der Waals surface area contributed by atoms with Gasteiger partial charge in [0.05, 0.1) is 0 Å². The third-order valence-corrected chi connectivity index (χ3v) is 3.10. The van der Waals surface area contributed by atoms with Crippen LogP contribution in [0, 0.1) is 0 Å². The van der Waals surface area contributed by atoms with Crippen LogP contribution in [0.4, 0.5) is 0 Å². The number of unbranched alkanes of at least 4 members (excludes halogenated alkanes) is 1. The van der Waals surface area contributed by atoms with E-state index in [1.165, 1.54) is 0 Å². The summed E-state index contributed by atoms with van der Waals surface area (Å²) in [5.41, 5.74) is -0.525. The quantitative estimate of drug-likeness (QED) is 0.717. The number of nitrogens with zero attached hydrogens (tertiary/aromatic N) is 2. The van der Waals surface area contributed by atoms with E-state index < -0.39 is 11.6 Å². The summed E-state index contributed by atoms with van der Waals surface area (Å²) >= 11 is 0. The maximum absolute atomic E-state index is 10.4. The summed E-state index contributed by atoms with van der Waals surface area (Å²) in [6.45, 7) is 3.90. The summed E-state index contributed by atoms with van der Waals surface area (Å²) in [5, 5.41) is 12.4. The minimum Gasteiger partial charge on any atom is -0.481 e. The van der Waals surface area contributed by atoms with Crippen LogP contribution >= 0.6 is 0 Å². The molecule has 0 saturated heterocycles. The first-order chi connectivity index (χ1) is 8.51. The molecule has 102 valence electrons. The number of aryl methyl sites for hydroxylation is 1. The molecule has 1 heterocycles. The molecule has 0 aromatic carbocycles. The lowest BCUT2D eigenvalue weighted by molar-refractivity contribution is -0.137. The third-order valence-electron chi connectivity index (χ3n) is 3.10. The average Bonchev–Trinajstić information content (AvgIpc) is 2.83. The van der Waals surface area contributed by atoms with Gasteiger partial charge in [-0.15, -0.1) is 0 Å². The van der Waals surface area contributed by atoms with E-state index in [0.717, 1.165) is 12.8 Å². The number of carbonyl (C=O) groups is 1. The SMILES string of the molecule is CCC(C)(OC)c1noc(CCCCC(=O)O)n1. The summed E-state index contributed by atoms with van der Waals surface area (Å²) < 4.78 is 10.5. The number of ether oxygens (including phenoxy) is 1. The molecule has 0 spiro atoms. The highest BCUT2D eigenvalue weighted by Gasteiger charge is 2.29. The summed E-state index contributed by atoms with van der Waals surface area (Å²) in [4.78, 5) is 14.6. The third kappa shape index (κ3) is 3.80. The molecule has 0 fully saturated rings. The minimum absolute atomic E-state index is 0.172. The van der Waals surface area contributed by atoms with Crippen molar-refractivity contribution >= 4 is 5.97 Å². The van der Waals surface area contributed by atoms with Crippen molar-refractivity contribution in [1.82, 2.24) is 10.1 Å². The second-order valence-corrected chi connectivity index (χ2v) is 4.40. The van der Waals surface area contributed by atoms with Gasteiger partial charge in [-0.2, -0.15) is 4.98 Å². The Balaban J connectivity index is 2.50. The second-order valence-electron chi connectivity index (χ2n) is 4.40. The molecular weight excluding hydrogens is 236 g/mol. The number of hydrogen-bond donors (Lipinski definition) is 1. The van der Waals surface area contributed by atoms with E-state index in [1.54, 1.807) is 7.11 Å². The monoisotopic (exact) mass is 256 g/mol. The fourth-order valence-electron chi connectivity index (χ4n) is 1.52. The first-order valence-electron chi connectivity index (χ1n) is 6.12. The largest absolute Gasteiger partial charge is 0.481 e. The Labute approximate surface area is 106 Å². The molecule has 1 aromatic rings. The van der Waals surface area contributed by atoms with Crippen molar-refractivity contribution in [2.24, 2.45) is 0 Å². The molecule has 6 heteroatoms. The standard InChI is InChI=1S/C12H20N2O4/c1-4-12(2,17-3)11-13-9(18-14-11)7-5-6-8-10(15)16/h4-8H2,1-3H3,(H,15,16). The Morgan fingerprint density at radius 3 is 2.78 bits per heavy atom. The van der Waals surface area contributed by atoms with Gasteiger partial charge < -0.3 is 14.4 Å². The molecule has 0 radical (unpaired) electrons. The number of rotatable bonds is 8. The van der Waals surface area contributed by atoms with Crippen molar-refractivity contribution in [3.8, 4) is 0 Å². The van der Waals surface area contributed by atoms with Gasteiger partial charge in [-0.1, -0.05) is 12.1 Å². The van der Waals surface area contributed by atoms with Gasteiger partial charge in [0.2, 0.25) is 11.7 Å². The Hall–Kier alpha value is -1.43. The molecule has 0 saturated carbocycles. The molecule has 0 bridgehead atoms. The average molecular weight is 256 g/mol. The van der Waals surface area contributed by atoms with Crippen LogP contribution in [0.3, 0.4) is 0 Å². The van der Waals surface area contributed by atoms with Crippen LogP contribution in [0.25, 0.3) is 0 Å². The van der Waals surface area contributed by atoms with E-state index in [2.05, 4.69) is 10.1 Å². The number of hydrogen-bond acceptors (Lipinski definition) is 5. The molecule has 0 aliphatic rings. The Morgan fingerprint density at radius 2 is 2.22 bits per heavy atom. The smallest absolute Gasteiger partial charge is 0.303 e. The van der Waals surface area contributed by atoms with Crippen molar-refractivity contribution in [3.05, 3.63) is 11.7 Å². The Bertz CT molecular complexity index is 385. The van der Waals surface area contributed by atoms with Gasteiger partial charge in [0.25, 0.3) is 0 Å². The lowest BCUT2D eigenvalue weighted by atomic mass is 10.0. The topological polar surface area (TPSA) is 85.5 Å². The van der Waals surface area contributed by atoms with E-state index in [1.807, 2.05) is 13.8 Å². The predicted molar refractivity (Wildman–Crippen MR) is 64.1 cm³/mol. The first kappa shape index (κ1) is 14.6. The van der Waals surface area contributed by atoms with Crippen LogP contribution in [0.2, 0.25) is 0 Å². The first-order valence-corrected chi connectivity index (χ1v) is 6.12. The summed E-state index contributed by atoms with van der Waals surface area (Å²) in [6, 6.07) is 0. The predicted octanol–water partition coefficient (Wildman–Crippen LogP) is 2.14. The Morgan fingerprint density at radius 1 is 1.50 bits per heavy atom. The molecule has 1 N–H and O–H groups in total. The lowest BCUT2D eigenvalue weighted by Crippen LogP contribution is -2.24. The highest BCUT2D eigenvalue weighted by Crippen LogP contribution is 2.25. The number of methoxy groups -OCH3 is 1. The van der Waals surface area contributed by atoms with Gasteiger partial charge in [-0.05, 0) is 26.2 Å². The van der Waals surface area contributed by atoms with Crippen LogP contribution in [0.15, 0.2) is 4.52 Å². The fourth-order valence-corrected chi connectivity index (χ4v) is 1.52. The zero-order chi connectivity index (χ0) is 13.6. The van der Waals surface area contributed by atoms with Gasteiger partial charge in [-0.25, -0.2) is 0 Å². The number of carboxylic acids is 1. The van der Waals surface area contributed by atoms with Crippen molar-refractivity contribution < 1.29 is 19.2 Å². The minimum atomic E-state index is -0.779. The fraction of sp³-hybridized carbons (Fsp3) is 0.750. The van der Waals surface area contributed by atoms with Crippen molar-refractivity contribution in [1.29, 1.82) is 0 Å². The number of aliphatic carboxylic acids is 1. The van der Waals surface area contributed by atoms with E-state index in [9.17, 15) is 4.79 Å². The molecule has 18 heavy (non-hydrogen) atoms. The van der Waals surface area contributed by atoms with Crippen LogP contribution in [-0.4, -0.2) is 28.3 Å². The van der Waals surface area contributed by atoms with Crippen molar-refractivity contribution in [3.63, 3.8) is 0 Å². The van der Waals surface area contributed by atoms with Crippen LogP contribution in [-0.2, 0) is 21.6 Å². The molecule has 1 aromatic heterocycles. The highest BCUT2D eigenvalue weighted by molar-refractivity contribution is 5.66. The molecule has 6 nitrogen and oxygen atoms in total. The normalized spacial score (nSPS) is 14.4. The molecule has 0 amide bonds. The molecule has 0 aliphatic heterocycles. The van der Waals surface area contributed by atoms with Gasteiger partial charge in [0.15, 0.2) is 0 Å². The van der Waals surface area contributed by atoms with Crippen LogP contribution in [0.5, 0.6) is 0 Å². The van der Waals surface area contributed by atoms with Crippen LogP contribution < -0.4 is 0 Å². The van der Waals surface area contributed by atoms with Gasteiger partial charge in [0.1, 0.15) is 5.60 Å². The van der Waals surface area contributed by atoms with Crippen molar-refractivity contribution in [2.75, 3.05) is 7.11 Å². The maximum atomic E-state index is 10.4. The summed E-state index contributed by atoms with van der Waals surface area (Å²) in [7, 11) is 1.62. The molecule has 1 unspecified atom stereocenters. The number of carboxylic acid groups (broad SMARTS) is 1. The van der Waals surface area contributed by atoms with Gasteiger partial charge in [0, 0.05) is 20.0 Å². The molecular formula is C12H20N2O4. The zero-order valence-corrected chi connectivity index (χ0v) is 11.1. The zero-order valence-electron chi connectivity index (χ0n) is 11.1. The van der Waals surface area contributed by atoms with E-state index in [-0.39, 0.29) is 6.42 Å². The van der Waals surface area contributed by atoms with E-state index in [0.29, 0.717) is 24.6 Å². The van der Waals surface area contributed by atoms with E-state index in [4.69, 9.17) is 14.4 Å². The summed E-state index contributed by atoms with van der Waals surface area (Å²) in [6.07, 6.45) is 2.86. The maximum Gasteiger partial charge on any atom is 0.303 e. The Kier molecular flexibility index (Phi) is 5.27.